The minimum atomic E-state index is -0.132. The van der Waals surface area contributed by atoms with Crippen LogP contribution in [0.25, 0.3) is 0 Å². The number of anilines is 1. The van der Waals surface area contributed by atoms with Crippen LogP contribution in [0.4, 0.5) is 5.69 Å². The van der Waals surface area contributed by atoms with Gasteiger partial charge in [0.1, 0.15) is 0 Å². The molecular formula is C13H12ClN3OS. The molecule has 0 bridgehead atoms. The highest BCUT2D eigenvalue weighted by atomic mass is 35.5. The fourth-order valence-corrected chi connectivity index (χ4v) is 3.33. The van der Waals surface area contributed by atoms with E-state index in [1.807, 2.05) is 19.1 Å². The maximum Gasteiger partial charge on any atom is 0.264 e. The van der Waals surface area contributed by atoms with E-state index in [2.05, 4.69) is 15.2 Å². The zero-order valence-electron chi connectivity index (χ0n) is 10.3. The number of aliphatic imine (C=N–C) groups is 1. The Morgan fingerprint density at radius 3 is 3.00 bits per heavy atom. The Morgan fingerprint density at radius 2 is 2.26 bits per heavy atom. The van der Waals surface area contributed by atoms with Gasteiger partial charge in [-0.2, -0.15) is 0 Å². The molecule has 19 heavy (non-hydrogen) atoms. The van der Waals surface area contributed by atoms with Gasteiger partial charge < -0.3 is 10.2 Å². The van der Waals surface area contributed by atoms with E-state index < -0.39 is 0 Å². The Morgan fingerprint density at radius 1 is 1.47 bits per heavy atom. The van der Waals surface area contributed by atoms with Gasteiger partial charge in [-0.3, -0.25) is 9.79 Å². The predicted molar refractivity (Wildman–Crippen MR) is 79.4 cm³/mol. The van der Waals surface area contributed by atoms with E-state index in [1.165, 1.54) is 11.8 Å². The topological polar surface area (TPSA) is 44.7 Å². The highest BCUT2D eigenvalue weighted by Crippen LogP contribution is 2.37. The van der Waals surface area contributed by atoms with Gasteiger partial charge in [0.2, 0.25) is 0 Å². The highest BCUT2D eigenvalue weighted by Gasteiger charge is 2.33. The number of hydrogen-bond acceptors (Lipinski definition) is 4. The summed E-state index contributed by atoms with van der Waals surface area (Å²) in [6.45, 7) is 3.61. The molecule has 0 radical (unpaired) electrons. The smallest absolute Gasteiger partial charge is 0.264 e. The van der Waals surface area contributed by atoms with Crippen LogP contribution in [0.2, 0.25) is 5.02 Å². The molecule has 0 saturated carbocycles. The molecule has 3 rings (SSSR count). The molecule has 1 aromatic rings. The molecule has 0 unspecified atom stereocenters. The maximum absolute atomic E-state index is 12.3. The minimum absolute atomic E-state index is 0.132. The number of para-hydroxylation sites is 1. The summed E-state index contributed by atoms with van der Waals surface area (Å²) in [7, 11) is 0. The van der Waals surface area contributed by atoms with Gasteiger partial charge in [-0.15, -0.1) is 0 Å². The number of nitrogens with one attached hydrogen (secondary N) is 1. The highest BCUT2D eigenvalue weighted by molar-refractivity contribution is 8.18. The van der Waals surface area contributed by atoms with E-state index in [0.29, 0.717) is 15.6 Å². The van der Waals surface area contributed by atoms with Gasteiger partial charge in [-0.25, -0.2) is 0 Å². The number of thioether (sulfide) groups is 1. The Hall–Kier alpha value is -1.46. The van der Waals surface area contributed by atoms with E-state index in [4.69, 9.17) is 11.6 Å². The fraction of sp³-hybridized carbons (Fsp3) is 0.231. The molecule has 2 heterocycles. The molecule has 1 aromatic carbocycles. The number of amidine groups is 1. The SMILES string of the molecule is CC1=C(C(=O)Nc2ccccc2Cl)SC2=NCCN21. The van der Waals surface area contributed by atoms with Crippen molar-refractivity contribution in [3.63, 3.8) is 0 Å². The fourth-order valence-electron chi connectivity index (χ4n) is 2.07. The normalized spacial score (nSPS) is 17.6. The lowest BCUT2D eigenvalue weighted by Gasteiger charge is -2.12. The lowest BCUT2D eigenvalue weighted by Crippen LogP contribution is -2.20. The molecule has 4 nitrogen and oxygen atoms in total. The average Bonchev–Trinajstić information content (AvgIpc) is 2.96. The van der Waals surface area contributed by atoms with Crippen molar-refractivity contribution in [3.8, 4) is 0 Å². The first-order valence-electron chi connectivity index (χ1n) is 5.93. The second-order valence-electron chi connectivity index (χ2n) is 4.27. The Balaban J connectivity index is 1.81. The summed E-state index contributed by atoms with van der Waals surface area (Å²) >= 11 is 7.46. The third kappa shape index (κ3) is 2.24. The van der Waals surface area contributed by atoms with Crippen molar-refractivity contribution >= 4 is 40.1 Å². The Kier molecular flexibility index (Phi) is 3.24. The second-order valence-corrected chi connectivity index (χ2v) is 5.65. The molecule has 98 valence electrons. The van der Waals surface area contributed by atoms with E-state index in [9.17, 15) is 4.79 Å². The van der Waals surface area contributed by atoms with Crippen LogP contribution in [0.5, 0.6) is 0 Å². The van der Waals surface area contributed by atoms with Crippen LogP contribution in [0.15, 0.2) is 39.9 Å². The van der Waals surface area contributed by atoms with Gasteiger partial charge >= 0.3 is 0 Å². The monoisotopic (exact) mass is 293 g/mol. The van der Waals surface area contributed by atoms with Gasteiger partial charge in [0.25, 0.3) is 5.91 Å². The number of fused-ring (bicyclic) bond motifs is 1. The molecule has 0 atom stereocenters. The summed E-state index contributed by atoms with van der Waals surface area (Å²) in [6.07, 6.45) is 0. The average molecular weight is 294 g/mol. The standard InChI is InChI=1S/C13H12ClN3OS/c1-8-11(19-13-15-6-7-17(8)13)12(18)16-10-5-3-2-4-9(10)14/h2-5H,6-7H2,1H3,(H,16,18). The molecule has 0 saturated heterocycles. The van der Waals surface area contributed by atoms with Crippen LogP contribution in [-0.4, -0.2) is 29.1 Å². The lowest BCUT2D eigenvalue weighted by atomic mass is 10.3. The largest absolute Gasteiger partial charge is 0.322 e. The molecule has 1 amide bonds. The number of rotatable bonds is 2. The first kappa shape index (κ1) is 12.6. The quantitative estimate of drug-likeness (QED) is 0.912. The number of nitrogens with zero attached hydrogens (tertiary/aromatic N) is 2. The molecule has 6 heteroatoms. The van der Waals surface area contributed by atoms with Crippen molar-refractivity contribution < 1.29 is 4.79 Å². The molecule has 0 aliphatic carbocycles. The van der Waals surface area contributed by atoms with Crippen molar-refractivity contribution in [1.82, 2.24) is 4.90 Å². The minimum Gasteiger partial charge on any atom is -0.322 e. The third-order valence-corrected chi connectivity index (χ3v) is 4.60. The molecular weight excluding hydrogens is 282 g/mol. The summed E-state index contributed by atoms with van der Waals surface area (Å²) in [4.78, 5) is 19.4. The molecule has 2 aliphatic heterocycles. The van der Waals surface area contributed by atoms with Crippen molar-refractivity contribution in [2.24, 2.45) is 4.99 Å². The summed E-state index contributed by atoms with van der Waals surface area (Å²) in [5, 5.41) is 4.30. The van der Waals surface area contributed by atoms with Crippen LogP contribution in [0.3, 0.4) is 0 Å². The van der Waals surface area contributed by atoms with Crippen LogP contribution in [0, 0.1) is 0 Å². The van der Waals surface area contributed by atoms with Gasteiger partial charge in [-0.1, -0.05) is 23.7 Å². The van der Waals surface area contributed by atoms with Gasteiger partial charge in [0, 0.05) is 12.2 Å². The number of allylic oxidation sites excluding steroid dienone is 1. The molecule has 0 spiro atoms. The van der Waals surface area contributed by atoms with Crippen molar-refractivity contribution in [2.45, 2.75) is 6.92 Å². The maximum atomic E-state index is 12.3. The molecule has 1 N–H and O–H groups in total. The van der Waals surface area contributed by atoms with Gasteiger partial charge in [0.05, 0.1) is 22.2 Å². The molecule has 0 aromatic heterocycles. The lowest BCUT2D eigenvalue weighted by molar-refractivity contribution is -0.112. The third-order valence-electron chi connectivity index (χ3n) is 3.06. The van der Waals surface area contributed by atoms with Gasteiger partial charge in [0.15, 0.2) is 5.17 Å². The van der Waals surface area contributed by atoms with Gasteiger partial charge in [-0.05, 0) is 30.8 Å². The molecule has 0 fully saturated rings. The summed E-state index contributed by atoms with van der Waals surface area (Å²) < 4.78 is 0. The first-order valence-corrected chi connectivity index (χ1v) is 7.13. The van der Waals surface area contributed by atoms with Crippen LogP contribution < -0.4 is 5.32 Å². The van der Waals surface area contributed by atoms with E-state index >= 15 is 0 Å². The number of benzene rings is 1. The summed E-state index contributed by atoms with van der Waals surface area (Å²) in [5.74, 6) is -0.132. The van der Waals surface area contributed by atoms with E-state index in [1.54, 1.807) is 12.1 Å². The van der Waals surface area contributed by atoms with E-state index in [0.717, 1.165) is 24.0 Å². The zero-order chi connectivity index (χ0) is 13.4. The van der Waals surface area contributed by atoms with Crippen LogP contribution >= 0.6 is 23.4 Å². The van der Waals surface area contributed by atoms with Crippen molar-refractivity contribution in [3.05, 3.63) is 39.9 Å². The number of carbonyl (C=O) groups excluding carboxylic acids is 1. The van der Waals surface area contributed by atoms with Crippen molar-refractivity contribution in [1.29, 1.82) is 0 Å². The summed E-state index contributed by atoms with van der Waals surface area (Å²) in [5.41, 5.74) is 1.59. The number of carbonyl (C=O) groups is 1. The predicted octanol–water partition coefficient (Wildman–Crippen LogP) is 2.93. The first-order chi connectivity index (χ1) is 9.16. The number of amides is 1. The molecule has 2 aliphatic rings. The Bertz CT molecular complexity index is 612. The number of hydrogen-bond donors (Lipinski definition) is 1. The summed E-state index contributed by atoms with van der Waals surface area (Å²) in [6, 6.07) is 7.21. The zero-order valence-corrected chi connectivity index (χ0v) is 11.9. The van der Waals surface area contributed by atoms with Crippen LogP contribution in [0.1, 0.15) is 6.92 Å². The Labute approximate surface area is 120 Å². The van der Waals surface area contributed by atoms with Crippen LogP contribution in [-0.2, 0) is 4.79 Å². The van der Waals surface area contributed by atoms with E-state index in [-0.39, 0.29) is 5.91 Å². The second kappa shape index (κ2) is 4.90. The van der Waals surface area contributed by atoms with Crippen molar-refractivity contribution in [2.75, 3.05) is 18.4 Å². The number of halogens is 1.